The van der Waals surface area contributed by atoms with Crippen molar-refractivity contribution < 1.29 is 4.79 Å². The van der Waals surface area contributed by atoms with Gasteiger partial charge in [-0.3, -0.25) is 4.79 Å². The van der Waals surface area contributed by atoms with Gasteiger partial charge in [0.1, 0.15) is 0 Å². The third kappa shape index (κ3) is 2.48. The van der Waals surface area contributed by atoms with Crippen molar-refractivity contribution in [1.29, 1.82) is 0 Å². The summed E-state index contributed by atoms with van der Waals surface area (Å²) in [7, 11) is 0. The first-order valence-corrected chi connectivity index (χ1v) is 6.07. The minimum Gasteiger partial charge on any atom is -0.329 e. The average molecular weight is 233 g/mol. The molecule has 2 N–H and O–H groups in total. The van der Waals surface area contributed by atoms with Gasteiger partial charge >= 0.3 is 0 Å². The van der Waals surface area contributed by atoms with Gasteiger partial charge in [0.25, 0.3) is 0 Å². The number of rotatable bonds is 3. The second-order valence-electron chi connectivity index (χ2n) is 4.34. The molecule has 1 heterocycles. The first kappa shape index (κ1) is 12.1. The fourth-order valence-corrected chi connectivity index (χ4v) is 2.23. The zero-order valence-electron chi connectivity index (χ0n) is 10.2. The number of aryl methyl sites for hydroxylation is 1. The number of benzene rings is 1. The van der Waals surface area contributed by atoms with E-state index in [4.69, 9.17) is 5.73 Å². The third-order valence-electron chi connectivity index (χ3n) is 3.06. The fourth-order valence-electron chi connectivity index (χ4n) is 2.23. The summed E-state index contributed by atoms with van der Waals surface area (Å²) < 4.78 is 0. The largest absolute Gasteiger partial charge is 0.329 e. The number of carbonyl (C=O) groups excluding carboxylic acids is 1. The van der Waals surface area contributed by atoms with E-state index in [1.165, 1.54) is 0 Å². The Balaban J connectivity index is 2.31. The molecule has 92 valence electrons. The van der Waals surface area contributed by atoms with E-state index < -0.39 is 0 Å². The van der Waals surface area contributed by atoms with Gasteiger partial charge in [0.15, 0.2) is 0 Å². The Morgan fingerprint density at radius 1 is 1.35 bits per heavy atom. The highest BCUT2D eigenvalue weighted by Gasteiger charge is 2.27. The summed E-state index contributed by atoms with van der Waals surface area (Å²) in [6.45, 7) is 4.21. The van der Waals surface area contributed by atoms with Crippen LogP contribution in [-0.4, -0.2) is 30.6 Å². The molecule has 17 heavy (non-hydrogen) atoms. The fraction of sp³-hybridized carbons (Fsp3) is 0.462. The summed E-state index contributed by atoms with van der Waals surface area (Å²) in [5.41, 5.74) is 7.70. The molecule has 0 saturated carbocycles. The predicted octanol–water partition coefficient (Wildman–Crippen LogP) is 1.30. The van der Waals surface area contributed by atoms with Crippen molar-refractivity contribution in [3.05, 3.63) is 29.8 Å². The molecule has 0 spiro atoms. The molecular formula is C13H19N3O. The number of amides is 1. The molecule has 0 unspecified atom stereocenters. The highest BCUT2D eigenvalue weighted by Crippen LogP contribution is 2.25. The normalized spacial score (nSPS) is 17.5. The molecule has 1 fully saturated rings. The smallest absolute Gasteiger partial charge is 0.241 e. The summed E-state index contributed by atoms with van der Waals surface area (Å²) in [4.78, 5) is 12.1. The van der Waals surface area contributed by atoms with Crippen LogP contribution < -0.4 is 10.7 Å². The highest BCUT2D eigenvalue weighted by molar-refractivity contribution is 5.93. The second-order valence-corrected chi connectivity index (χ2v) is 4.34. The topological polar surface area (TPSA) is 49.6 Å². The van der Waals surface area contributed by atoms with Crippen molar-refractivity contribution in [3.63, 3.8) is 0 Å². The molecule has 1 aromatic rings. The molecule has 4 nitrogen and oxygen atoms in total. The van der Waals surface area contributed by atoms with Gasteiger partial charge in [-0.2, -0.15) is 0 Å². The van der Waals surface area contributed by atoms with Gasteiger partial charge in [0.2, 0.25) is 5.91 Å². The van der Waals surface area contributed by atoms with Crippen LogP contribution in [0, 0.1) is 6.92 Å². The van der Waals surface area contributed by atoms with Gasteiger partial charge in [-0.05, 0) is 25.0 Å². The average Bonchev–Trinajstić information content (AvgIpc) is 2.31. The van der Waals surface area contributed by atoms with E-state index in [9.17, 15) is 4.79 Å². The number of hydrogen-bond acceptors (Lipinski definition) is 3. The van der Waals surface area contributed by atoms with Crippen molar-refractivity contribution in [2.24, 2.45) is 5.73 Å². The number of nitrogens with zero attached hydrogens (tertiary/aromatic N) is 2. The predicted molar refractivity (Wildman–Crippen MR) is 68.5 cm³/mol. The molecule has 1 saturated heterocycles. The molecule has 2 rings (SSSR count). The molecule has 1 aliphatic heterocycles. The molecule has 1 aromatic carbocycles. The van der Waals surface area contributed by atoms with Crippen LogP contribution in [0.4, 0.5) is 5.69 Å². The lowest BCUT2D eigenvalue weighted by molar-refractivity contribution is -0.123. The van der Waals surface area contributed by atoms with Crippen LogP contribution in [-0.2, 0) is 4.79 Å². The molecule has 0 bridgehead atoms. The Bertz CT molecular complexity index is 403. The van der Waals surface area contributed by atoms with Crippen LogP contribution in [0.5, 0.6) is 0 Å². The summed E-state index contributed by atoms with van der Waals surface area (Å²) in [6, 6.07) is 7.96. The lowest BCUT2D eigenvalue weighted by Crippen LogP contribution is -2.52. The van der Waals surface area contributed by atoms with Crippen molar-refractivity contribution in [3.8, 4) is 0 Å². The van der Waals surface area contributed by atoms with Gasteiger partial charge in [-0.15, -0.1) is 0 Å². The van der Waals surface area contributed by atoms with Crippen molar-refractivity contribution in [2.75, 3.05) is 24.6 Å². The molecule has 0 aromatic heterocycles. The number of nitrogens with two attached hydrogens (primary N) is 1. The molecule has 4 heteroatoms. The zero-order valence-corrected chi connectivity index (χ0v) is 10.2. The van der Waals surface area contributed by atoms with Crippen molar-refractivity contribution in [2.45, 2.75) is 19.8 Å². The minimum atomic E-state index is 0.166. The van der Waals surface area contributed by atoms with Gasteiger partial charge in [-0.25, -0.2) is 10.0 Å². The van der Waals surface area contributed by atoms with E-state index in [0.717, 1.165) is 30.8 Å². The number of hydrazine groups is 1. The van der Waals surface area contributed by atoms with Crippen molar-refractivity contribution in [1.82, 2.24) is 5.01 Å². The molecular weight excluding hydrogens is 214 g/mol. The molecule has 0 atom stereocenters. The van der Waals surface area contributed by atoms with Crippen LogP contribution in [0.1, 0.15) is 18.4 Å². The third-order valence-corrected chi connectivity index (χ3v) is 3.06. The first-order chi connectivity index (χ1) is 8.24. The van der Waals surface area contributed by atoms with E-state index in [2.05, 4.69) is 0 Å². The van der Waals surface area contributed by atoms with E-state index in [1.807, 2.05) is 36.2 Å². The Morgan fingerprint density at radius 2 is 2.12 bits per heavy atom. The summed E-state index contributed by atoms with van der Waals surface area (Å²) in [5, 5.41) is 3.85. The van der Waals surface area contributed by atoms with E-state index in [-0.39, 0.29) is 5.91 Å². The number of anilines is 1. The van der Waals surface area contributed by atoms with Crippen LogP contribution >= 0.6 is 0 Å². The Kier molecular flexibility index (Phi) is 3.76. The summed E-state index contributed by atoms with van der Waals surface area (Å²) in [5.74, 6) is 0.166. The monoisotopic (exact) mass is 233 g/mol. The lowest BCUT2D eigenvalue weighted by atomic mass is 10.1. The lowest BCUT2D eigenvalue weighted by Gasteiger charge is -2.38. The van der Waals surface area contributed by atoms with Gasteiger partial charge in [0, 0.05) is 26.1 Å². The maximum Gasteiger partial charge on any atom is 0.241 e. The van der Waals surface area contributed by atoms with Gasteiger partial charge in [-0.1, -0.05) is 18.2 Å². The van der Waals surface area contributed by atoms with E-state index in [1.54, 1.807) is 5.01 Å². The standard InChI is InChI=1S/C13H19N3O/c1-11-5-2-3-6-12(11)16-13(17)7-4-9-15(16)10-8-14/h2-3,5-6H,4,7-10,14H2,1H3. The highest BCUT2D eigenvalue weighted by atomic mass is 16.2. The Morgan fingerprint density at radius 3 is 2.82 bits per heavy atom. The quantitative estimate of drug-likeness (QED) is 0.856. The first-order valence-electron chi connectivity index (χ1n) is 6.07. The van der Waals surface area contributed by atoms with Gasteiger partial charge in [0.05, 0.1) is 5.69 Å². The molecule has 0 aliphatic carbocycles. The Hall–Kier alpha value is -1.39. The second kappa shape index (κ2) is 5.29. The van der Waals surface area contributed by atoms with Crippen molar-refractivity contribution >= 4 is 11.6 Å². The van der Waals surface area contributed by atoms with Crippen LogP contribution in [0.2, 0.25) is 0 Å². The van der Waals surface area contributed by atoms with Crippen LogP contribution in [0.25, 0.3) is 0 Å². The van der Waals surface area contributed by atoms with E-state index >= 15 is 0 Å². The minimum absolute atomic E-state index is 0.166. The molecule has 0 radical (unpaired) electrons. The summed E-state index contributed by atoms with van der Waals surface area (Å²) in [6.07, 6.45) is 1.54. The maximum absolute atomic E-state index is 12.1. The Labute approximate surface area is 102 Å². The summed E-state index contributed by atoms with van der Waals surface area (Å²) >= 11 is 0. The number of carbonyl (C=O) groups is 1. The number of hydrogen-bond donors (Lipinski definition) is 1. The number of para-hydroxylation sites is 1. The van der Waals surface area contributed by atoms with Crippen LogP contribution in [0.3, 0.4) is 0 Å². The van der Waals surface area contributed by atoms with Gasteiger partial charge < -0.3 is 5.73 Å². The van der Waals surface area contributed by atoms with Crippen LogP contribution in [0.15, 0.2) is 24.3 Å². The maximum atomic E-state index is 12.1. The SMILES string of the molecule is Cc1ccccc1N1C(=O)CCCN1CCN. The molecule has 1 amide bonds. The molecule has 1 aliphatic rings. The zero-order chi connectivity index (χ0) is 12.3. The van der Waals surface area contributed by atoms with E-state index in [0.29, 0.717) is 13.0 Å².